The van der Waals surface area contributed by atoms with E-state index in [1.54, 1.807) is 0 Å². The molecule has 15 heavy (non-hydrogen) atoms. The summed E-state index contributed by atoms with van der Waals surface area (Å²) >= 11 is 10.4. The first-order chi connectivity index (χ1) is 7.41. The van der Waals surface area contributed by atoms with Crippen LogP contribution in [0.5, 0.6) is 0 Å². The fourth-order valence-corrected chi connectivity index (χ4v) is 7.34. The molecule has 0 saturated carbocycles. The third-order valence-corrected chi connectivity index (χ3v) is 8.51. The number of thiol groups is 2. The van der Waals surface area contributed by atoms with Crippen LogP contribution in [0.4, 0.5) is 0 Å². The van der Waals surface area contributed by atoms with Crippen LogP contribution in [0.25, 0.3) is 0 Å². The van der Waals surface area contributed by atoms with E-state index in [2.05, 4.69) is 37.0 Å². The molecule has 0 radical (unpaired) electrons. The molecule has 0 fully saturated rings. The van der Waals surface area contributed by atoms with Gasteiger partial charge in [0.25, 0.3) is 0 Å². The van der Waals surface area contributed by atoms with Gasteiger partial charge in [-0.1, -0.05) is 43.2 Å². The molecule has 0 aliphatic rings. The van der Waals surface area contributed by atoms with Crippen LogP contribution in [0.15, 0.2) is 0 Å². The fourth-order valence-electron chi connectivity index (χ4n) is 0.598. The smallest absolute Gasteiger partial charge is 0.0128 e. The van der Waals surface area contributed by atoms with Crippen LogP contribution >= 0.6 is 80.2 Å². The van der Waals surface area contributed by atoms with Crippen molar-refractivity contribution in [1.29, 1.82) is 0 Å². The second kappa shape index (κ2) is 16.4. The maximum absolute atomic E-state index is 4.17. The summed E-state index contributed by atoms with van der Waals surface area (Å²) in [5, 5.41) is 0. The van der Waals surface area contributed by atoms with Crippen LogP contribution in [0.1, 0.15) is 0 Å². The Balaban J connectivity index is 2.81. The van der Waals surface area contributed by atoms with Gasteiger partial charge in [0.1, 0.15) is 0 Å². The molecule has 0 aromatic carbocycles. The first kappa shape index (κ1) is 17.4. The van der Waals surface area contributed by atoms with Crippen molar-refractivity contribution in [2.24, 2.45) is 0 Å². The average molecular weight is 339 g/mol. The van der Waals surface area contributed by atoms with Crippen molar-refractivity contribution in [3.05, 3.63) is 0 Å². The van der Waals surface area contributed by atoms with E-state index in [9.17, 15) is 0 Å². The zero-order chi connectivity index (χ0) is 11.2. The number of hydrogen-bond donors (Lipinski definition) is 2. The molecule has 0 saturated heterocycles. The average Bonchev–Trinajstić information content (AvgIpc) is 2.26. The summed E-state index contributed by atoms with van der Waals surface area (Å²) in [5.74, 6) is 9.39. The highest BCUT2D eigenvalue weighted by Gasteiger charge is 1.93. The molecular formula is C8H18S7. The van der Waals surface area contributed by atoms with Crippen molar-refractivity contribution in [3.8, 4) is 0 Å². The summed E-state index contributed by atoms with van der Waals surface area (Å²) in [4.78, 5) is 0. The lowest BCUT2D eigenvalue weighted by molar-refractivity contribution is 1.50. The molecule has 0 spiro atoms. The van der Waals surface area contributed by atoms with Crippen molar-refractivity contribution in [2.45, 2.75) is 0 Å². The van der Waals surface area contributed by atoms with Crippen molar-refractivity contribution in [3.63, 3.8) is 0 Å². The molecule has 0 bridgehead atoms. The first-order valence-corrected chi connectivity index (χ1v) is 12.1. The largest absolute Gasteiger partial charge is 0.178 e. The highest BCUT2D eigenvalue weighted by Crippen LogP contribution is 2.24. The molecule has 0 amide bonds. The van der Waals surface area contributed by atoms with E-state index >= 15 is 0 Å². The van der Waals surface area contributed by atoms with Crippen LogP contribution in [-0.4, -0.2) is 46.0 Å². The highest BCUT2D eigenvalue weighted by atomic mass is 33.1. The minimum absolute atomic E-state index is 0.990. The Morgan fingerprint density at radius 2 is 0.933 bits per heavy atom. The number of rotatable bonds is 12. The van der Waals surface area contributed by atoms with Gasteiger partial charge < -0.3 is 0 Å². The molecule has 0 atom stereocenters. The molecule has 0 heterocycles. The summed E-state index contributed by atoms with van der Waals surface area (Å²) in [5.41, 5.74) is 0. The molecule has 7 heteroatoms. The lowest BCUT2D eigenvalue weighted by Crippen LogP contribution is -1.88. The van der Waals surface area contributed by atoms with Gasteiger partial charge in [-0.15, -0.1) is 0 Å². The van der Waals surface area contributed by atoms with E-state index in [0.717, 1.165) is 23.0 Å². The molecule has 0 aliphatic carbocycles. The Hall–Kier alpha value is 2.45. The van der Waals surface area contributed by atoms with Crippen LogP contribution in [-0.2, 0) is 0 Å². The van der Waals surface area contributed by atoms with E-state index < -0.39 is 0 Å². The summed E-state index contributed by atoms with van der Waals surface area (Å²) in [7, 11) is 7.82. The second-order valence-corrected chi connectivity index (χ2v) is 9.87. The zero-order valence-corrected chi connectivity index (χ0v) is 14.5. The zero-order valence-electron chi connectivity index (χ0n) is 8.59. The van der Waals surface area contributed by atoms with E-state index in [0.29, 0.717) is 0 Å². The Morgan fingerprint density at radius 1 is 0.533 bits per heavy atom. The summed E-state index contributed by atoms with van der Waals surface area (Å²) < 4.78 is 0. The van der Waals surface area contributed by atoms with Gasteiger partial charge in [-0.25, -0.2) is 0 Å². The summed E-state index contributed by atoms with van der Waals surface area (Å²) in [6.07, 6.45) is 0. The van der Waals surface area contributed by atoms with E-state index in [1.165, 1.54) is 23.0 Å². The fraction of sp³-hybridized carbons (Fsp3) is 1.00. The first-order valence-electron chi connectivity index (χ1n) is 4.70. The van der Waals surface area contributed by atoms with Gasteiger partial charge in [-0.3, -0.25) is 0 Å². The topological polar surface area (TPSA) is 0 Å². The number of hydrogen-bond acceptors (Lipinski definition) is 7. The summed E-state index contributed by atoms with van der Waals surface area (Å²) in [6, 6.07) is 0. The molecule has 0 unspecified atom stereocenters. The molecule has 92 valence electrons. The molecule has 0 N–H and O–H groups in total. The van der Waals surface area contributed by atoms with Crippen LogP contribution < -0.4 is 0 Å². The third-order valence-electron chi connectivity index (χ3n) is 1.14. The van der Waals surface area contributed by atoms with Gasteiger partial charge in [-0.05, 0) is 0 Å². The van der Waals surface area contributed by atoms with Crippen LogP contribution in [0.2, 0.25) is 0 Å². The monoisotopic (exact) mass is 338 g/mol. The second-order valence-electron chi connectivity index (χ2n) is 2.35. The van der Waals surface area contributed by atoms with Gasteiger partial charge in [0.05, 0.1) is 0 Å². The minimum atomic E-state index is 0.990. The van der Waals surface area contributed by atoms with E-state index in [-0.39, 0.29) is 0 Å². The van der Waals surface area contributed by atoms with Gasteiger partial charge >= 0.3 is 0 Å². The SMILES string of the molecule is SCCSSCCSCCSSCCS. The van der Waals surface area contributed by atoms with E-state index in [4.69, 9.17) is 0 Å². The molecule has 0 aromatic rings. The molecule has 0 nitrogen and oxygen atoms in total. The maximum Gasteiger partial charge on any atom is 0.0128 e. The van der Waals surface area contributed by atoms with Gasteiger partial charge in [-0.2, -0.15) is 37.0 Å². The molecule has 0 rings (SSSR count). The van der Waals surface area contributed by atoms with Crippen molar-refractivity contribution in [1.82, 2.24) is 0 Å². The highest BCUT2D eigenvalue weighted by molar-refractivity contribution is 8.77. The van der Waals surface area contributed by atoms with Gasteiger partial charge in [0.15, 0.2) is 0 Å². The Labute approximate surface area is 125 Å². The standard InChI is InChI=1S/C8H18S7/c9-1-3-12-14-7-5-11-6-8-15-13-4-2-10/h9-10H,1-8H2. The Kier molecular flexibility index (Phi) is 19.1. The predicted molar refractivity (Wildman–Crippen MR) is 94.9 cm³/mol. The van der Waals surface area contributed by atoms with Crippen molar-refractivity contribution >= 4 is 80.2 Å². The Bertz CT molecular complexity index is 99.2. The van der Waals surface area contributed by atoms with Crippen molar-refractivity contribution < 1.29 is 0 Å². The molecule has 0 aliphatic heterocycles. The van der Waals surface area contributed by atoms with E-state index in [1.807, 2.05) is 43.2 Å². The lowest BCUT2D eigenvalue weighted by atomic mass is 10.9. The normalized spacial score (nSPS) is 10.8. The predicted octanol–water partition coefficient (Wildman–Crippen LogP) is 4.34. The van der Waals surface area contributed by atoms with Gasteiger partial charge in [0, 0.05) is 46.0 Å². The molecule has 0 aromatic heterocycles. The lowest BCUT2D eigenvalue weighted by Gasteiger charge is -2.01. The third kappa shape index (κ3) is 16.4. The van der Waals surface area contributed by atoms with Crippen LogP contribution in [0, 0.1) is 0 Å². The van der Waals surface area contributed by atoms with Crippen molar-refractivity contribution in [2.75, 3.05) is 46.0 Å². The maximum atomic E-state index is 4.17. The quantitative estimate of drug-likeness (QED) is 0.308. The minimum Gasteiger partial charge on any atom is -0.178 e. The van der Waals surface area contributed by atoms with Gasteiger partial charge in [0.2, 0.25) is 0 Å². The molecular weight excluding hydrogens is 321 g/mol. The summed E-state index contributed by atoms with van der Waals surface area (Å²) in [6.45, 7) is 0. The Morgan fingerprint density at radius 3 is 1.33 bits per heavy atom. The number of thioether (sulfide) groups is 1. The van der Waals surface area contributed by atoms with Crippen LogP contribution in [0.3, 0.4) is 0 Å².